The number of pyridine rings is 1. The summed E-state index contributed by atoms with van der Waals surface area (Å²) in [5.41, 5.74) is 4.79. The Balaban J connectivity index is 1.50. The fourth-order valence-corrected chi connectivity index (χ4v) is 4.36. The molecule has 7 heteroatoms. The lowest BCUT2D eigenvalue weighted by atomic mass is 10.1. The number of H-pyrrole nitrogens is 1. The van der Waals surface area contributed by atoms with Crippen LogP contribution in [-0.2, 0) is 6.42 Å². The molecular weight excluding hydrogens is 454 g/mol. The molecule has 3 aromatic carbocycles. The number of hydrogen-bond acceptors (Lipinski definition) is 5. The highest BCUT2D eigenvalue weighted by Gasteiger charge is 2.18. The molecule has 0 aliphatic heterocycles. The number of nitrogens with one attached hydrogen (secondary N) is 2. The van der Waals surface area contributed by atoms with Gasteiger partial charge in [-0.05, 0) is 54.4 Å². The molecule has 0 unspecified atom stereocenters. The molecule has 182 valence electrons. The number of methoxy groups -OCH3 is 3. The van der Waals surface area contributed by atoms with Gasteiger partial charge in [-0.2, -0.15) is 0 Å². The van der Waals surface area contributed by atoms with Crippen molar-refractivity contribution >= 4 is 27.7 Å². The van der Waals surface area contributed by atoms with Crippen molar-refractivity contribution in [2.24, 2.45) is 0 Å². The maximum absolute atomic E-state index is 13.2. The van der Waals surface area contributed by atoms with Crippen molar-refractivity contribution in [3.8, 4) is 28.5 Å². The van der Waals surface area contributed by atoms with E-state index in [1.54, 1.807) is 21.3 Å². The molecule has 0 radical (unpaired) electrons. The molecule has 2 heterocycles. The molecule has 5 aromatic rings. The van der Waals surface area contributed by atoms with Gasteiger partial charge in [0.1, 0.15) is 11.4 Å². The fraction of sp³-hybridized carbons (Fsp3) is 0.172. The highest BCUT2D eigenvalue weighted by molar-refractivity contribution is 6.13. The number of fused-ring (bicyclic) bond motifs is 3. The summed E-state index contributed by atoms with van der Waals surface area (Å²) in [6.07, 6.45) is 0.702. The number of benzene rings is 3. The molecular formula is C29H27N3O4. The van der Waals surface area contributed by atoms with Crippen LogP contribution in [0.5, 0.6) is 17.2 Å². The molecule has 0 atom stereocenters. The van der Waals surface area contributed by atoms with Crippen LogP contribution in [-0.4, -0.2) is 43.7 Å². The molecule has 2 aromatic heterocycles. The number of aromatic amines is 1. The van der Waals surface area contributed by atoms with E-state index in [9.17, 15) is 4.79 Å². The molecule has 7 nitrogen and oxygen atoms in total. The predicted octanol–water partition coefficient (Wildman–Crippen LogP) is 5.38. The second-order valence-electron chi connectivity index (χ2n) is 8.37. The molecule has 0 bridgehead atoms. The van der Waals surface area contributed by atoms with Crippen molar-refractivity contribution in [2.75, 3.05) is 27.9 Å². The van der Waals surface area contributed by atoms with Crippen molar-refractivity contribution in [1.29, 1.82) is 0 Å². The molecule has 2 N–H and O–H groups in total. The Hall–Kier alpha value is -4.52. The Morgan fingerprint density at radius 2 is 1.64 bits per heavy atom. The van der Waals surface area contributed by atoms with Crippen LogP contribution < -0.4 is 19.5 Å². The SMILES string of the molecule is COc1ccc(CCNC(=O)c2cc3c([nH]c4ccccc43)c(-c3ccc(OC)c(OC)c3)n2)cc1. The molecule has 0 spiro atoms. The largest absolute Gasteiger partial charge is 0.497 e. The topological polar surface area (TPSA) is 85.5 Å². The lowest BCUT2D eigenvalue weighted by Gasteiger charge is -2.12. The number of carbonyl (C=O) groups excluding carboxylic acids is 1. The summed E-state index contributed by atoms with van der Waals surface area (Å²) in [6, 6.07) is 23.3. The van der Waals surface area contributed by atoms with Crippen LogP contribution in [0.1, 0.15) is 16.1 Å². The molecule has 0 saturated carbocycles. The van der Waals surface area contributed by atoms with Gasteiger partial charge in [0.05, 0.1) is 32.5 Å². The normalized spacial score (nSPS) is 11.0. The average Bonchev–Trinajstić information content (AvgIpc) is 3.31. The second-order valence-corrected chi connectivity index (χ2v) is 8.37. The third-order valence-corrected chi connectivity index (χ3v) is 6.24. The van der Waals surface area contributed by atoms with Crippen molar-refractivity contribution in [3.05, 3.63) is 84.1 Å². The molecule has 5 rings (SSSR count). The van der Waals surface area contributed by atoms with E-state index >= 15 is 0 Å². The maximum atomic E-state index is 13.2. The first kappa shape index (κ1) is 23.2. The summed E-state index contributed by atoms with van der Waals surface area (Å²) in [5, 5.41) is 4.98. The lowest BCUT2D eigenvalue weighted by Crippen LogP contribution is -2.26. The minimum Gasteiger partial charge on any atom is -0.497 e. The summed E-state index contributed by atoms with van der Waals surface area (Å²) in [7, 11) is 4.84. The molecule has 1 amide bonds. The number of nitrogens with zero attached hydrogens (tertiary/aromatic N) is 1. The number of rotatable bonds is 8. The number of carbonyl (C=O) groups is 1. The summed E-state index contributed by atoms with van der Waals surface area (Å²) < 4.78 is 16.1. The van der Waals surface area contributed by atoms with Gasteiger partial charge in [-0.25, -0.2) is 4.98 Å². The first-order valence-corrected chi connectivity index (χ1v) is 11.7. The van der Waals surface area contributed by atoms with Gasteiger partial charge in [0.25, 0.3) is 5.91 Å². The zero-order valence-corrected chi connectivity index (χ0v) is 20.4. The Kier molecular flexibility index (Phi) is 6.45. The first-order valence-electron chi connectivity index (χ1n) is 11.7. The molecule has 0 aliphatic rings. The Morgan fingerprint density at radius 1 is 0.861 bits per heavy atom. The van der Waals surface area contributed by atoms with Crippen molar-refractivity contribution in [2.45, 2.75) is 6.42 Å². The third-order valence-electron chi connectivity index (χ3n) is 6.24. The third kappa shape index (κ3) is 4.43. The van der Waals surface area contributed by atoms with Crippen LogP contribution in [0.3, 0.4) is 0 Å². The minimum absolute atomic E-state index is 0.225. The smallest absolute Gasteiger partial charge is 0.269 e. The van der Waals surface area contributed by atoms with Gasteiger partial charge in [-0.3, -0.25) is 4.79 Å². The quantitative estimate of drug-likeness (QED) is 0.311. The standard InChI is InChI=1S/C29H27N3O4/c1-34-20-11-8-18(9-12-20)14-15-30-29(33)24-17-22-21-6-4-5-7-23(21)31-28(22)27(32-24)19-10-13-25(35-2)26(16-19)36-3/h4-13,16-17,31H,14-15H2,1-3H3,(H,30,33). The maximum Gasteiger partial charge on any atom is 0.269 e. The van der Waals surface area contributed by atoms with Crippen molar-refractivity contribution in [1.82, 2.24) is 15.3 Å². The van der Waals surface area contributed by atoms with E-state index in [0.717, 1.165) is 38.7 Å². The van der Waals surface area contributed by atoms with E-state index in [2.05, 4.69) is 10.3 Å². The van der Waals surface area contributed by atoms with Crippen LogP contribution in [0.15, 0.2) is 72.8 Å². The highest BCUT2D eigenvalue weighted by atomic mass is 16.5. The summed E-state index contributed by atoms with van der Waals surface area (Å²) in [5.74, 6) is 1.80. The van der Waals surface area contributed by atoms with Gasteiger partial charge < -0.3 is 24.5 Å². The zero-order valence-electron chi connectivity index (χ0n) is 20.4. The van der Waals surface area contributed by atoms with Gasteiger partial charge in [-0.1, -0.05) is 30.3 Å². The van der Waals surface area contributed by atoms with E-state index in [-0.39, 0.29) is 5.91 Å². The number of aromatic nitrogens is 2. The minimum atomic E-state index is -0.225. The van der Waals surface area contributed by atoms with Crippen LogP contribution >= 0.6 is 0 Å². The zero-order chi connectivity index (χ0) is 25.1. The van der Waals surface area contributed by atoms with Crippen LogP contribution in [0.4, 0.5) is 0 Å². The number of amides is 1. The fourth-order valence-electron chi connectivity index (χ4n) is 4.36. The van der Waals surface area contributed by atoms with E-state index in [0.29, 0.717) is 35.9 Å². The van der Waals surface area contributed by atoms with Gasteiger partial charge in [0, 0.05) is 28.4 Å². The highest BCUT2D eigenvalue weighted by Crippen LogP contribution is 2.36. The monoisotopic (exact) mass is 481 g/mol. The van der Waals surface area contributed by atoms with Crippen molar-refractivity contribution < 1.29 is 19.0 Å². The lowest BCUT2D eigenvalue weighted by molar-refractivity contribution is 0.0949. The average molecular weight is 482 g/mol. The van der Waals surface area contributed by atoms with E-state index in [1.165, 1.54) is 0 Å². The van der Waals surface area contributed by atoms with Gasteiger partial charge >= 0.3 is 0 Å². The molecule has 36 heavy (non-hydrogen) atoms. The van der Waals surface area contributed by atoms with Crippen molar-refractivity contribution in [3.63, 3.8) is 0 Å². The molecule has 0 saturated heterocycles. The Bertz CT molecular complexity index is 1540. The Labute approximate surface area is 209 Å². The van der Waals surface area contributed by atoms with Crippen LogP contribution in [0.2, 0.25) is 0 Å². The molecule has 0 aliphatic carbocycles. The molecule has 0 fully saturated rings. The van der Waals surface area contributed by atoms with Gasteiger partial charge in [0.2, 0.25) is 0 Å². The Morgan fingerprint density at radius 3 is 2.39 bits per heavy atom. The number of hydrogen-bond donors (Lipinski definition) is 2. The second kappa shape index (κ2) is 10.00. The van der Waals surface area contributed by atoms with Gasteiger partial charge in [-0.15, -0.1) is 0 Å². The summed E-state index contributed by atoms with van der Waals surface area (Å²) >= 11 is 0. The van der Waals surface area contributed by atoms with E-state index in [1.807, 2.05) is 72.8 Å². The number of ether oxygens (including phenoxy) is 3. The van der Waals surface area contributed by atoms with Gasteiger partial charge in [0.15, 0.2) is 11.5 Å². The number of para-hydroxylation sites is 1. The first-order chi connectivity index (χ1) is 17.6. The summed E-state index contributed by atoms with van der Waals surface area (Å²) in [6.45, 7) is 0.491. The van der Waals surface area contributed by atoms with E-state index in [4.69, 9.17) is 19.2 Å². The summed E-state index contributed by atoms with van der Waals surface area (Å²) in [4.78, 5) is 21.5. The van der Waals surface area contributed by atoms with E-state index < -0.39 is 0 Å². The van der Waals surface area contributed by atoms with Crippen LogP contribution in [0.25, 0.3) is 33.1 Å². The predicted molar refractivity (Wildman–Crippen MR) is 141 cm³/mol. The van der Waals surface area contributed by atoms with Crippen LogP contribution in [0, 0.1) is 0 Å².